The van der Waals surface area contributed by atoms with E-state index in [2.05, 4.69) is 11.8 Å². The van der Waals surface area contributed by atoms with E-state index >= 15 is 0 Å². The number of rotatable bonds is 9. The zero-order valence-corrected chi connectivity index (χ0v) is 22.1. The molecule has 2 aliphatic heterocycles. The Bertz CT molecular complexity index is 960. The number of imide groups is 1. The summed E-state index contributed by atoms with van der Waals surface area (Å²) in [6.45, 7) is 4.96. The van der Waals surface area contributed by atoms with Crippen molar-refractivity contribution in [3.63, 3.8) is 0 Å². The first kappa shape index (κ1) is 29.4. The van der Waals surface area contributed by atoms with Gasteiger partial charge >= 0.3 is 11.9 Å². The molecule has 4 rings (SSSR count). The highest BCUT2D eigenvalue weighted by Crippen LogP contribution is 2.47. The Labute approximate surface area is 222 Å². The molecular weight excluding hydrogens is 496 g/mol. The summed E-state index contributed by atoms with van der Waals surface area (Å²) in [5.74, 6) is -2.21. The van der Waals surface area contributed by atoms with Gasteiger partial charge in [0, 0.05) is 31.0 Å². The second-order valence-electron chi connectivity index (χ2n) is 10.1. The van der Waals surface area contributed by atoms with E-state index in [1.54, 1.807) is 7.11 Å². The fraction of sp³-hybridized carbons (Fsp3) is 0.630. The molecular formula is C27H38N2O9. The highest BCUT2D eigenvalue weighted by molar-refractivity contribution is 6.27. The van der Waals surface area contributed by atoms with Crippen molar-refractivity contribution < 1.29 is 43.7 Å². The molecule has 1 aromatic rings. The molecule has 1 aromatic carbocycles. The molecule has 1 aliphatic carbocycles. The Balaban J connectivity index is 0.000000599. The van der Waals surface area contributed by atoms with Crippen LogP contribution in [0.3, 0.4) is 0 Å². The normalized spacial score (nSPS) is 20.0. The summed E-state index contributed by atoms with van der Waals surface area (Å²) in [4.78, 5) is 51.4. The number of fused-ring (bicyclic) bond motifs is 1. The number of methoxy groups -OCH3 is 1. The smallest absolute Gasteiger partial charge is 0.414 e. The second kappa shape index (κ2) is 13.6. The summed E-state index contributed by atoms with van der Waals surface area (Å²) in [6, 6.07) is 6.19. The summed E-state index contributed by atoms with van der Waals surface area (Å²) in [7, 11) is 1.69. The van der Waals surface area contributed by atoms with Gasteiger partial charge in [0.25, 0.3) is 11.8 Å². The Hall–Kier alpha value is -3.18. The number of aliphatic carboxylic acids is 2. The summed E-state index contributed by atoms with van der Waals surface area (Å²) >= 11 is 0. The third-order valence-electron chi connectivity index (χ3n) is 7.37. The molecule has 1 atom stereocenters. The maximum absolute atomic E-state index is 12.6. The minimum Gasteiger partial charge on any atom is -0.496 e. The van der Waals surface area contributed by atoms with Gasteiger partial charge in [-0.15, -0.1) is 0 Å². The summed E-state index contributed by atoms with van der Waals surface area (Å²) < 4.78 is 11.6. The van der Waals surface area contributed by atoms with Gasteiger partial charge in [0.1, 0.15) is 18.1 Å². The van der Waals surface area contributed by atoms with E-state index in [0.717, 1.165) is 80.2 Å². The van der Waals surface area contributed by atoms with E-state index in [1.807, 2.05) is 18.2 Å². The molecule has 1 spiro atoms. The molecule has 11 nitrogen and oxygen atoms in total. The van der Waals surface area contributed by atoms with Crippen LogP contribution in [-0.4, -0.2) is 83.4 Å². The van der Waals surface area contributed by atoms with E-state index in [1.165, 1.54) is 0 Å². The molecule has 2 amide bonds. The van der Waals surface area contributed by atoms with Crippen molar-refractivity contribution in [2.45, 2.75) is 70.8 Å². The third-order valence-corrected chi connectivity index (χ3v) is 7.37. The fourth-order valence-electron chi connectivity index (χ4n) is 5.59. The molecule has 2 N–H and O–H groups in total. The number of hydrogen-bond donors (Lipinski definition) is 2. The van der Waals surface area contributed by atoms with Gasteiger partial charge in [-0.1, -0.05) is 25.8 Å². The average Bonchev–Trinajstić information content (AvgIpc) is 3.33. The Morgan fingerprint density at radius 3 is 2.34 bits per heavy atom. The van der Waals surface area contributed by atoms with Crippen LogP contribution >= 0.6 is 0 Å². The molecule has 0 aromatic heterocycles. The maximum atomic E-state index is 12.6. The number of hydrogen-bond acceptors (Lipinski definition) is 8. The van der Waals surface area contributed by atoms with Crippen LogP contribution in [-0.2, 0) is 30.4 Å². The zero-order chi connectivity index (χ0) is 27.7. The Morgan fingerprint density at radius 1 is 1.11 bits per heavy atom. The predicted molar refractivity (Wildman–Crippen MR) is 136 cm³/mol. The van der Waals surface area contributed by atoms with Crippen molar-refractivity contribution in [3.05, 3.63) is 23.8 Å². The minimum absolute atomic E-state index is 0.0930. The van der Waals surface area contributed by atoms with Crippen molar-refractivity contribution in [1.82, 2.24) is 9.96 Å². The molecule has 210 valence electrons. The maximum Gasteiger partial charge on any atom is 0.414 e. The van der Waals surface area contributed by atoms with E-state index in [9.17, 15) is 9.59 Å². The SMILES string of the molecule is CCCN(CCCON1C(=O)CC2(CCCC2)CC1=O)C1COc2cccc(OC)c2C1.O=C(O)C(=O)O. The molecule has 38 heavy (non-hydrogen) atoms. The third kappa shape index (κ3) is 7.44. The van der Waals surface area contributed by atoms with Gasteiger partial charge in [0.2, 0.25) is 0 Å². The van der Waals surface area contributed by atoms with Crippen molar-refractivity contribution in [2.75, 3.05) is 33.4 Å². The number of carbonyl (C=O) groups is 4. The lowest BCUT2D eigenvalue weighted by Gasteiger charge is -2.37. The molecule has 0 bridgehead atoms. The zero-order valence-electron chi connectivity index (χ0n) is 22.1. The molecule has 2 heterocycles. The van der Waals surface area contributed by atoms with Gasteiger partial charge in [-0.05, 0) is 56.2 Å². The van der Waals surface area contributed by atoms with Crippen LogP contribution in [0.25, 0.3) is 0 Å². The van der Waals surface area contributed by atoms with Crippen molar-refractivity contribution >= 4 is 23.8 Å². The first-order chi connectivity index (χ1) is 18.2. The Morgan fingerprint density at radius 2 is 1.76 bits per heavy atom. The van der Waals surface area contributed by atoms with E-state index < -0.39 is 11.9 Å². The van der Waals surface area contributed by atoms with E-state index in [4.69, 9.17) is 34.1 Å². The van der Waals surface area contributed by atoms with Gasteiger partial charge < -0.3 is 19.7 Å². The number of carbonyl (C=O) groups excluding carboxylic acids is 2. The average molecular weight is 535 g/mol. The summed E-state index contributed by atoms with van der Waals surface area (Å²) in [5, 5.41) is 15.8. The number of carboxylic acid groups (broad SMARTS) is 2. The van der Waals surface area contributed by atoms with Crippen LogP contribution in [0.4, 0.5) is 0 Å². The molecule has 1 saturated heterocycles. The first-order valence-electron chi connectivity index (χ1n) is 13.2. The van der Waals surface area contributed by atoms with E-state index in [0.29, 0.717) is 26.1 Å². The number of benzene rings is 1. The number of nitrogens with zero attached hydrogens (tertiary/aromatic N) is 2. The Kier molecular flexibility index (Phi) is 10.5. The van der Waals surface area contributed by atoms with Crippen LogP contribution < -0.4 is 9.47 Å². The van der Waals surface area contributed by atoms with Crippen LogP contribution in [0.5, 0.6) is 11.5 Å². The van der Waals surface area contributed by atoms with Crippen LogP contribution in [0.1, 0.15) is 63.9 Å². The van der Waals surface area contributed by atoms with Crippen molar-refractivity contribution in [1.29, 1.82) is 0 Å². The van der Waals surface area contributed by atoms with Crippen LogP contribution in [0.15, 0.2) is 18.2 Å². The van der Waals surface area contributed by atoms with Gasteiger partial charge in [-0.3, -0.25) is 19.3 Å². The van der Waals surface area contributed by atoms with Gasteiger partial charge in [0.05, 0.1) is 13.7 Å². The largest absolute Gasteiger partial charge is 0.496 e. The quantitative estimate of drug-likeness (QED) is 0.276. The number of carboxylic acids is 2. The topological polar surface area (TPSA) is 143 Å². The fourth-order valence-corrected chi connectivity index (χ4v) is 5.59. The highest BCUT2D eigenvalue weighted by atomic mass is 16.7. The lowest BCUT2D eigenvalue weighted by atomic mass is 9.77. The summed E-state index contributed by atoms with van der Waals surface area (Å²) in [5.41, 5.74) is 1.03. The number of piperidine rings is 1. The molecule has 11 heteroatoms. The molecule has 3 aliphatic rings. The van der Waals surface area contributed by atoms with Crippen LogP contribution in [0, 0.1) is 5.41 Å². The standard InChI is InChI=1S/C25H36N2O5.C2H2O4/c1-3-12-26(19-15-20-21(30-2)8-6-9-22(20)31-18-19)13-7-14-32-27-23(28)16-25(17-24(27)29)10-4-5-11-25;3-1(4)2(5)6/h6,8-9,19H,3-5,7,10-18H2,1-2H3;(H,3,4)(H,5,6). The van der Waals surface area contributed by atoms with E-state index in [-0.39, 0.29) is 23.3 Å². The van der Waals surface area contributed by atoms with Crippen molar-refractivity contribution in [3.8, 4) is 11.5 Å². The van der Waals surface area contributed by atoms with Gasteiger partial charge in [-0.25, -0.2) is 9.59 Å². The molecule has 1 unspecified atom stereocenters. The molecule has 2 fully saturated rings. The second-order valence-corrected chi connectivity index (χ2v) is 10.1. The number of hydroxylamine groups is 2. The van der Waals surface area contributed by atoms with Gasteiger partial charge in [-0.2, -0.15) is 5.06 Å². The minimum atomic E-state index is -1.82. The molecule has 0 radical (unpaired) electrons. The van der Waals surface area contributed by atoms with Gasteiger partial charge in [0.15, 0.2) is 0 Å². The lowest BCUT2D eigenvalue weighted by molar-refractivity contribution is -0.205. The lowest BCUT2D eigenvalue weighted by Crippen LogP contribution is -2.47. The molecule has 1 saturated carbocycles. The summed E-state index contributed by atoms with van der Waals surface area (Å²) in [6.07, 6.45) is 7.78. The van der Waals surface area contributed by atoms with Crippen LogP contribution in [0.2, 0.25) is 0 Å². The monoisotopic (exact) mass is 534 g/mol. The number of ether oxygens (including phenoxy) is 2. The van der Waals surface area contributed by atoms with Crippen molar-refractivity contribution in [2.24, 2.45) is 5.41 Å². The highest BCUT2D eigenvalue weighted by Gasteiger charge is 2.45. The number of amides is 2. The first-order valence-corrected chi connectivity index (χ1v) is 13.2. The predicted octanol–water partition coefficient (Wildman–Crippen LogP) is 2.90.